The lowest BCUT2D eigenvalue weighted by Gasteiger charge is -2.02. The highest BCUT2D eigenvalue weighted by atomic mass is 32.1. The molecular weight excluding hydrogens is 206 g/mol. The second kappa shape index (κ2) is 4.56. The number of hydrogen-bond donors (Lipinski definition) is 0. The van der Waals surface area contributed by atoms with Gasteiger partial charge in [-0.15, -0.1) is 0 Å². The van der Waals surface area contributed by atoms with Gasteiger partial charge in [-0.3, -0.25) is 0 Å². The van der Waals surface area contributed by atoms with Crippen molar-refractivity contribution in [3.05, 3.63) is 29.3 Å². The lowest BCUT2D eigenvalue weighted by molar-refractivity contribution is 0.151. The molecule has 0 radical (unpaired) electrons. The number of thiocarbonyl (C=S) groups is 1. The maximum atomic E-state index is 12.4. The van der Waals surface area contributed by atoms with Crippen molar-refractivity contribution < 1.29 is 8.78 Å². The molecule has 1 rings (SSSR count). The monoisotopic (exact) mass is 210 g/mol. The van der Waals surface area contributed by atoms with E-state index in [1.807, 2.05) is 0 Å². The molecule has 0 atom stereocenters. The highest BCUT2D eigenvalue weighted by molar-refractivity contribution is 7.78. The minimum atomic E-state index is -2.69. The van der Waals surface area contributed by atoms with Crippen LogP contribution in [0, 0.1) is 11.3 Å². The van der Waals surface area contributed by atoms with Crippen molar-refractivity contribution in [2.45, 2.75) is 6.43 Å². The van der Waals surface area contributed by atoms with E-state index in [2.05, 4.69) is 22.4 Å². The topological polar surface area (TPSA) is 36.1 Å². The van der Waals surface area contributed by atoms with Gasteiger partial charge in [0.2, 0.25) is 0 Å². The first-order chi connectivity index (χ1) is 6.69. The normalized spacial score (nSPS) is 9.29. The zero-order valence-corrected chi connectivity index (χ0v) is 7.68. The van der Waals surface area contributed by atoms with Crippen molar-refractivity contribution in [3.8, 4) is 6.07 Å². The average molecular weight is 210 g/mol. The van der Waals surface area contributed by atoms with E-state index in [-0.39, 0.29) is 16.8 Å². The van der Waals surface area contributed by atoms with E-state index < -0.39 is 6.43 Å². The molecule has 0 amide bonds. The average Bonchev–Trinajstić information content (AvgIpc) is 2.18. The molecule has 0 spiro atoms. The third kappa shape index (κ3) is 2.19. The molecule has 0 saturated carbocycles. The van der Waals surface area contributed by atoms with Crippen molar-refractivity contribution in [2.75, 3.05) is 0 Å². The van der Waals surface area contributed by atoms with Gasteiger partial charge in [0.1, 0.15) is 0 Å². The summed E-state index contributed by atoms with van der Waals surface area (Å²) in [6.45, 7) is 0. The Kier molecular flexibility index (Phi) is 3.41. The number of rotatable bonds is 2. The Hall–Kier alpha value is -1.63. The van der Waals surface area contributed by atoms with Crippen LogP contribution < -0.4 is 0 Å². The predicted octanol–water partition coefficient (Wildman–Crippen LogP) is 3.23. The van der Waals surface area contributed by atoms with Crippen molar-refractivity contribution in [1.29, 1.82) is 5.26 Å². The number of aliphatic imine (C=N–C) groups is 1. The number of nitriles is 1. The van der Waals surface area contributed by atoms with E-state index in [4.69, 9.17) is 5.26 Å². The third-order valence-electron chi connectivity index (χ3n) is 1.57. The first-order valence-electron chi connectivity index (χ1n) is 3.59. The first kappa shape index (κ1) is 10.5. The van der Waals surface area contributed by atoms with E-state index >= 15 is 0 Å². The molecular formula is C9H4F2N2S. The summed E-state index contributed by atoms with van der Waals surface area (Å²) in [6.07, 6.45) is -2.69. The number of hydrogen-bond acceptors (Lipinski definition) is 3. The van der Waals surface area contributed by atoms with E-state index in [1.165, 1.54) is 12.1 Å². The fourth-order valence-electron chi connectivity index (χ4n) is 0.955. The van der Waals surface area contributed by atoms with Crippen LogP contribution in [0.2, 0.25) is 0 Å². The van der Waals surface area contributed by atoms with E-state index in [0.717, 1.165) is 6.07 Å². The summed E-state index contributed by atoms with van der Waals surface area (Å²) < 4.78 is 24.8. The fraction of sp³-hybridized carbons (Fsp3) is 0.111. The SMILES string of the molecule is N#Cc1ccc(N=C=S)cc1C(F)F. The summed E-state index contributed by atoms with van der Waals surface area (Å²) in [6, 6.07) is 5.52. The molecule has 1 aromatic carbocycles. The molecule has 0 N–H and O–H groups in total. The Morgan fingerprint density at radius 3 is 2.64 bits per heavy atom. The second-order valence-corrected chi connectivity index (χ2v) is 2.57. The van der Waals surface area contributed by atoms with Crippen LogP contribution in [0.25, 0.3) is 0 Å². The van der Waals surface area contributed by atoms with Crippen molar-refractivity contribution in [3.63, 3.8) is 0 Å². The molecule has 5 heteroatoms. The van der Waals surface area contributed by atoms with Crippen LogP contribution in [0.15, 0.2) is 23.2 Å². The number of isothiocyanates is 1. The lowest BCUT2D eigenvalue weighted by atomic mass is 10.1. The lowest BCUT2D eigenvalue weighted by Crippen LogP contribution is -1.89. The second-order valence-electron chi connectivity index (χ2n) is 2.39. The van der Waals surface area contributed by atoms with Crippen LogP contribution in [0.1, 0.15) is 17.6 Å². The summed E-state index contributed by atoms with van der Waals surface area (Å²) in [5.41, 5.74) is -0.114. The Morgan fingerprint density at radius 1 is 1.43 bits per heavy atom. The minimum absolute atomic E-state index is 0.0525. The van der Waals surface area contributed by atoms with Crippen LogP contribution in [-0.4, -0.2) is 5.16 Å². The number of halogens is 2. The smallest absolute Gasteiger partial charge is 0.205 e. The zero-order chi connectivity index (χ0) is 10.6. The molecule has 14 heavy (non-hydrogen) atoms. The third-order valence-corrected chi connectivity index (χ3v) is 1.66. The van der Waals surface area contributed by atoms with Crippen molar-refractivity contribution >= 4 is 23.1 Å². The van der Waals surface area contributed by atoms with Gasteiger partial charge in [-0.25, -0.2) is 8.78 Å². The number of nitrogens with zero attached hydrogens (tertiary/aromatic N) is 2. The van der Waals surface area contributed by atoms with Gasteiger partial charge in [-0.1, -0.05) is 0 Å². The molecule has 1 aromatic rings. The predicted molar refractivity (Wildman–Crippen MR) is 50.8 cm³/mol. The van der Waals surface area contributed by atoms with Crippen LogP contribution in [0.4, 0.5) is 14.5 Å². The van der Waals surface area contributed by atoms with Gasteiger partial charge in [-0.05, 0) is 30.4 Å². The molecule has 0 aliphatic carbocycles. The molecule has 0 unspecified atom stereocenters. The van der Waals surface area contributed by atoms with Crippen LogP contribution in [-0.2, 0) is 0 Å². The van der Waals surface area contributed by atoms with Gasteiger partial charge < -0.3 is 0 Å². The maximum Gasteiger partial charge on any atom is 0.265 e. The highest BCUT2D eigenvalue weighted by Crippen LogP contribution is 2.26. The zero-order valence-electron chi connectivity index (χ0n) is 6.87. The van der Waals surface area contributed by atoms with Gasteiger partial charge in [0.15, 0.2) is 0 Å². The summed E-state index contributed by atoms with van der Waals surface area (Å²) in [5.74, 6) is 0. The molecule has 0 aliphatic rings. The molecule has 0 saturated heterocycles. The Labute approximate surface area is 84.5 Å². The molecule has 0 heterocycles. The van der Waals surface area contributed by atoms with Gasteiger partial charge in [0.25, 0.3) is 6.43 Å². The maximum absolute atomic E-state index is 12.4. The standard InChI is InChI=1S/C9H4F2N2S/c10-9(11)8-3-7(13-5-14)2-1-6(8)4-12/h1-3,9H. The Balaban J connectivity index is 3.29. The summed E-state index contributed by atoms with van der Waals surface area (Å²) in [5, 5.41) is 10.6. The van der Waals surface area contributed by atoms with E-state index in [1.54, 1.807) is 6.07 Å². The Bertz CT molecular complexity index is 431. The fourth-order valence-corrected chi connectivity index (χ4v) is 1.06. The van der Waals surface area contributed by atoms with Crippen molar-refractivity contribution in [1.82, 2.24) is 0 Å². The number of alkyl halides is 2. The molecule has 0 aromatic heterocycles. The van der Waals surface area contributed by atoms with Gasteiger partial charge >= 0.3 is 0 Å². The van der Waals surface area contributed by atoms with Crippen LogP contribution in [0.3, 0.4) is 0 Å². The summed E-state index contributed by atoms with van der Waals surface area (Å²) in [7, 11) is 0. The van der Waals surface area contributed by atoms with Gasteiger partial charge in [0, 0.05) is 5.56 Å². The van der Waals surface area contributed by atoms with Crippen molar-refractivity contribution in [2.24, 2.45) is 4.99 Å². The molecule has 0 aliphatic heterocycles. The quantitative estimate of drug-likeness (QED) is 0.555. The largest absolute Gasteiger partial charge is 0.265 e. The molecule has 2 nitrogen and oxygen atoms in total. The van der Waals surface area contributed by atoms with Gasteiger partial charge in [0.05, 0.1) is 22.5 Å². The summed E-state index contributed by atoms with van der Waals surface area (Å²) >= 11 is 4.34. The summed E-state index contributed by atoms with van der Waals surface area (Å²) in [4.78, 5) is 3.55. The minimum Gasteiger partial charge on any atom is -0.205 e. The first-order valence-corrected chi connectivity index (χ1v) is 4.00. The highest BCUT2D eigenvalue weighted by Gasteiger charge is 2.13. The van der Waals surface area contributed by atoms with Crippen LogP contribution in [0.5, 0.6) is 0 Å². The Morgan fingerprint density at radius 2 is 2.14 bits per heavy atom. The molecule has 0 fully saturated rings. The van der Waals surface area contributed by atoms with E-state index in [0.29, 0.717) is 0 Å². The van der Waals surface area contributed by atoms with Gasteiger partial charge in [-0.2, -0.15) is 10.3 Å². The molecule has 70 valence electrons. The van der Waals surface area contributed by atoms with Crippen LogP contribution >= 0.6 is 12.2 Å². The number of benzene rings is 1. The molecule has 0 bridgehead atoms. The van der Waals surface area contributed by atoms with E-state index in [9.17, 15) is 8.78 Å².